The number of nitrogens with zero attached hydrogens (tertiary/aromatic N) is 2. The Kier molecular flexibility index (Phi) is 4.46. The number of hydrogen-bond donors (Lipinski definition) is 1. The summed E-state index contributed by atoms with van der Waals surface area (Å²) in [4.78, 5) is 13.9. The lowest BCUT2D eigenvalue weighted by Gasteiger charge is -2.11. The number of aromatic nitrogens is 1. The quantitative estimate of drug-likeness (QED) is 0.477. The van der Waals surface area contributed by atoms with Crippen LogP contribution in [0.2, 0.25) is 0 Å². The van der Waals surface area contributed by atoms with E-state index in [9.17, 15) is 10.1 Å². The fourth-order valence-corrected chi connectivity index (χ4v) is 2.06. The number of ether oxygens (including phenoxy) is 1. The summed E-state index contributed by atoms with van der Waals surface area (Å²) in [5, 5.41) is 13.5. The summed E-state index contributed by atoms with van der Waals surface area (Å²) >= 11 is 0. The number of nitro groups is 1. The van der Waals surface area contributed by atoms with Gasteiger partial charge in [-0.05, 0) is 18.9 Å². The molecular formula is C12H17N3O3. The van der Waals surface area contributed by atoms with Crippen molar-refractivity contribution >= 4 is 11.5 Å². The summed E-state index contributed by atoms with van der Waals surface area (Å²) < 4.78 is 5.69. The van der Waals surface area contributed by atoms with Crippen molar-refractivity contribution in [2.75, 3.05) is 18.5 Å². The van der Waals surface area contributed by atoms with Crippen LogP contribution in [0.1, 0.15) is 25.7 Å². The zero-order valence-corrected chi connectivity index (χ0v) is 10.2. The standard InChI is InChI=1S/C12H17N3O3/c16-15(17)10-5-6-12(14-9-10)13-7-8-18-11-3-1-2-4-11/h5-6,9,11H,1-4,7-8H2,(H,13,14). The summed E-state index contributed by atoms with van der Waals surface area (Å²) in [6.07, 6.45) is 6.52. The van der Waals surface area contributed by atoms with E-state index in [2.05, 4.69) is 10.3 Å². The molecule has 0 bridgehead atoms. The molecule has 6 heteroatoms. The Bertz CT molecular complexity index is 388. The first-order chi connectivity index (χ1) is 8.75. The third-order valence-corrected chi connectivity index (χ3v) is 3.02. The summed E-state index contributed by atoms with van der Waals surface area (Å²) in [6.45, 7) is 1.31. The first-order valence-corrected chi connectivity index (χ1v) is 6.21. The molecule has 1 fully saturated rings. The van der Waals surface area contributed by atoms with E-state index in [1.165, 1.54) is 25.1 Å². The minimum atomic E-state index is -0.458. The molecule has 0 spiro atoms. The third kappa shape index (κ3) is 3.66. The Hall–Kier alpha value is -1.69. The molecule has 18 heavy (non-hydrogen) atoms. The lowest BCUT2D eigenvalue weighted by atomic mass is 10.3. The Morgan fingerprint density at radius 1 is 1.44 bits per heavy atom. The second-order valence-electron chi connectivity index (χ2n) is 4.36. The first-order valence-electron chi connectivity index (χ1n) is 6.21. The third-order valence-electron chi connectivity index (χ3n) is 3.02. The van der Waals surface area contributed by atoms with Gasteiger partial charge in [-0.25, -0.2) is 4.98 Å². The van der Waals surface area contributed by atoms with Crippen LogP contribution >= 0.6 is 0 Å². The van der Waals surface area contributed by atoms with Crippen LogP contribution in [0, 0.1) is 10.1 Å². The van der Waals surface area contributed by atoms with E-state index < -0.39 is 4.92 Å². The second kappa shape index (κ2) is 6.30. The van der Waals surface area contributed by atoms with Crippen molar-refractivity contribution in [3.05, 3.63) is 28.4 Å². The maximum absolute atomic E-state index is 10.4. The predicted octanol–water partition coefficient (Wildman–Crippen LogP) is 2.36. The average molecular weight is 251 g/mol. The summed E-state index contributed by atoms with van der Waals surface area (Å²) in [5.41, 5.74) is 0.00255. The lowest BCUT2D eigenvalue weighted by molar-refractivity contribution is -0.385. The van der Waals surface area contributed by atoms with E-state index in [0.29, 0.717) is 25.1 Å². The van der Waals surface area contributed by atoms with Gasteiger partial charge in [-0.3, -0.25) is 10.1 Å². The molecular weight excluding hydrogens is 234 g/mol. The Morgan fingerprint density at radius 2 is 2.22 bits per heavy atom. The van der Waals surface area contributed by atoms with Crippen LogP contribution in [0.4, 0.5) is 11.5 Å². The summed E-state index contributed by atoms with van der Waals surface area (Å²) in [7, 11) is 0. The van der Waals surface area contributed by atoms with Gasteiger partial charge in [-0.2, -0.15) is 0 Å². The molecule has 0 unspecified atom stereocenters. The highest BCUT2D eigenvalue weighted by Gasteiger charge is 2.14. The van der Waals surface area contributed by atoms with Gasteiger partial charge in [0.1, 0.15) is 12.0 Å². The van der Waals surface area contributed by atoms with Gasteiger partial charge in [0.05, 0.1) is 17.6 Å². The number of pyridine rings is 1. The van der Waals surface area contributed by atoms with E-state index in [4.69, 9.17) is 4.74 Å². The zero-order valence-electron chi connectivity index (χ0n) is 10.2. The summed E-state index contributed by atoms with van der Waals surface area (Å²) in [6, 6.07) is 3.04. The maximum atomic E-state index is 10.4. The predicted molar refractivity (Wildman–Crippen MR) is 67.6 cm³/mol. The molecule has 1 aliphatic carbocycles. The molecule has 0 aromatic carbocycles. The smallest absolute Gasteiger partial charge is 0.287 e. The molecule has 6 nitrogen and oxygen atoms in total. The second-order valence-corrected chi connectivity index (χ2v) is 4.36. The monoisotopic (exact) mass is 251 g/mol. The van der Waals surface area contributed by atoms with Crippen LogP contribution in [0.15, 0.2) is 18.3 Å². The van der Waals surface area contributed by atoms with Crippen LogP contribution in [0.5, 0.6) is 0 Å². The van der Waals surface area contributed by atoms with E-state index in [1.807, 2.05) is 0 Å². The topological polar surface area (TPSA) is 77.3 Å². The van der Waals surface area contributed by atoms with Crippen LogP contribution in [0.3, 0.4) is 0 Å². The molecule has 1 aromatic heterocycles. The molecule has 0 amide bonds. The molecule has 98 valence electrons. The number of nitrogens with one attached hydrogen (secondary N) is 1. The van der Waals surface area contributed by atoms with Crippen LogP contribution < -0.4 is 5.32 Å². The highest BCUT2D eigenvalue weighted by atomic mass is 16.6. The molecule has 1 N–H and O–H groups in total. The first kappa shape index (κ1) is 12.8. The van der Waals surface area contributed by atoms with E-state index in [0.717, 1.165) is 12.8 Å². The van der Waals surface area contributed by atoms with Crippen LogP contribution in [-0.2, 0) is 4.74 Å². The molecule has 0 radical (unpaired) electrons. The summed E-state index contributed by atoms with van der Waals surface area (Å²) in [5.74, 6) is 0.635. The Labute approximate surface area is 106 Å². The average Bonchev–Trinajstić information content (AvgIpc) is 2.88. The van der Waals surface area contributed by atoms with Gasteiger partial charge in [-0.1, -0.05) is 12.8 Å². The molecule has 0 aliphatic heterocycles. The SMILES string of the molecule is O=[N+]([O-])c1ccc(NCCOC2CCCC2)nc1. The van der Waals surface area contributed by atoms with Gasteiger partial charge >= 0.3 is 0 Å². The fraction of sp³-hybridized carbons (Fsp3) is 0.583. The minimum Gasteiger partial charge on any atom is -0.376 e. The molecule has 0 atom stereocenters. The van der Waals surface area contributed by atoms with Gasteiger partial charge in [0, 0.05) is 12.6 Å². The number of anilines is 1. The molecule has 1 heterocycles. The van der Waals surface area contributed by atoms with Gasteiger partial charge in [0.15, 0.2) is 0 Å². The Morgan fingerprint density at radius 3 is 2.83 bits per heavy atom. The van der Waals surface area contributed by atoms with Crippen molar-refractivity contribution in [1.29, 1.82) is 0 Å². The minimum absolute atomic E-state index is 0.00255. The van der Waals surface area contributed by atoms with Gasteiger partial charge < -0.3 is 10.1 Å². The zero-order chi connectivity index (χ0) is 12.8. The molecule has 1 aliphatic rings. The van der Waals surface area contributed by atoms with E-state index in [-0.39, 0.29) is 5.69 Å². The maximum Gasteiger partial charge on any atom is 0.287 e. The van der Waals surface area contributed by atoms with Crippen molar-refractivity contribution in [3.8, 4) is 0 Å². The molecule has 0 saturated heterocycles. The van der Waals surface area contributed by atoms with Crippen LogP contribution in [0.25, 0.3) is 0 Å². The van der Waals surface area contributed by atoms with Gasteiger partial charge in [0.25, 0.3) is 5.69 Å². The normalized spacial score (nSPS) is 15.8. The molecule has 2 rings (SSSR count). The van der Waals surface area contributed by atoms with Crippen LogP contribution in [-0.4, -0.2) is 29.2 Å². The van der Waals surface area contributed by atoms with Crippen molar-refractivity contribution in [3.63, 3.8) is 0 Å². The van der Waals surface area contributed by atoms with Crippen molar-refractivity contribution in [1.82, 2.24) is 4.98 Å². The molecule has 1 aromatic rings. The van der Waals surface area contributed by atoms with E-state index in [1.54, 1.807) is 6.07 Å². The van der Waals surface area contributed by atoms with Crippen molar-refractivity contribution in [2.24, 2.45) is 0 Å². The van der Waals surface area contributed by atoms with E-state index >= 15 is 0 Å². The number of rotatable bonds is 6. The van der Waals surface area contributed by atoms with Crippen molar-refractivity contribution < 1.29 is 9.66 Å². The lowest BCUT2D eigenvalue weighted by Crippen LogP contribution is -2.15. The molecule has 1 saturated carbocycles. The highest BCUT2D eigenvalue weighted by Crippen LogP contribution is 2.20. The Balaban J connectivity index is 1.68. The van der Waals surface area contributed by atoms with Gasteiger partial charge in [0.2, 0.25) is 0 Å². The van der Waals surface area contributed by atoms with Crippen molar-refractivity contribution in [2.45, 2.75) is 31.8 Å². The van der Waals surface area contributed by atoms with Gasteiger partial charge in [-0.15, -0.1) is 0 Å². The fourth-order valence-electron chi connectivity index (χ4n) is 2.06. The number of hydrogen-bond acceptors (Lipinski definition) is 5. The highest BCUT2D eigenvalue weighted by molar-refractivity contribution is 5.39. The largest absolute Gasteiger partial charge is 0.376 e.